The van der Waals surface area contributed by atoms with Gasteiger partial charge in [-0.05, 0) is 55.2 Å². The lowest BCUT2D eigenvalue weighted by Crippen LogP contribution is -2.15. The third kappa shape index (κ3) is 3.10. The van der Waals surface area contributed by atoms with Crippen LogP contribution in [-0.2, 0) is 6.54 Å². The van der Waals surface area contributed by atoms with Crippen molar-refractivity contribution in [2.75, 3.05) is 0 Å². The van der Waals surface area contributed by atoms with E-state index in [1.54, 1.807) is 12.1 Å². The first-order chi connectivity index (χ1) is 10.0. The number of rotatable bonds is 4. The summed E-state index contributed by atoms with van der Waals surface area (Å²) in [4.78, 5) is 0. The second-order valence-electron chi connectivity index (χ2n) is 5.55. The Labute approximate surface area is 121 Å². The monoisotopic (exact) mass is 291 g/mol. The van der Waals surface area contributed by atoms with Crippen molar-refractivity contribution >= 4 is 0 Å². The predicted molar refractivity (Wildman–Crippen MR) is 76.4 cm³/mol. The number of aryl methyl sites for hydroxylation is 1. The van der Waals surface area contributed by atoms with Gasteiger partial charge in [0.25, 0.3) is 0 Å². The topological polar surface area (TPSA) is 12.0 Å². The molecule has 1 saturated carbocycles. The molecule has 4 heteroatoms. The zero-order chi connectivity index (χ0) is 15.0. The fourth-order valence-corrected chi connectivity index (χ4v) is 2.29. The van der Waals surface area contributed by atoms with E-state index in [1.165, 1.54) is 13.0 Å². The lowest BCUT2D eigenvalue weighted by atomic mass is 10.00. The van der Waals surface area contributed by atoms with Crippen LogP contribution in [0.15, 0.2) is 30.3 Å². The number of halogens is 3. The molecular formula is C17H16F3N. The van der Waals surface area contributed by atoms with Gasteiger partial charge in [0.05, 0.1) is 0 Å². The summed E-state index contributed by atoms with van der Waals surface area (Å²) in [5, 5.41) is 3.32. The number of benzene rings is 2. The SMILES string of the molecule is Cc1cc(F)c(-c2cc(CNC3CC3)ccc2F)cc1F. The molecule has 1 aliphatic carbocycles. The molecule has 2 aromatic carbocycles. The summed E-state index contributed by atoms with van der Waals surface area (Å²) in [6, 6.07) is 7.23. The van der Waals surface area contributed by atoms with Crippen LogP contribution in [0, 0.1) is 24.4 Å². The molecule has 2 aromatic rings. The van der Waals surface area contributed by atoms with E-state index in [2.05, 4.69) is 5.32 Å². The highest BCUT2D eigenvalue weighted by Crippen LogP contribution is 2.29. The van der Waals surface area contributed by atoms with E-state index in [4.69, 9.17) is 0 Å². The molecule has 1 N–H and O–H groups in total. The van der Waals surface area contributed by atoms with E-state index in [1.807, 2.05) is 0 Å². The quantitative estimate of drug-likeness (QED) is 0.884. The van der Waals surface area contributed by atoms with Crippen molar-refractivity contribution in [2.45, 2.75) is 32.4 Å². The summed E-state index contributed by atoms with van der Waals surface area (Å²) in [6.45, 7) is 2.09. The maximum atomic E-state index is 14.0. The predicted octanol–water partition coefficient (Wildman–Crippen LogP) is 4.33. The number of nitrogens with one attached hydrogen (secondary N) is 1. The molecule has 0 atom stereocenters. The molecule has 0 spiro atoms. The van der Waals surface area contributed by atoms with Crippen molar-refractivity contribution in [3.63, 3.8) is 0 Å². The molecule has 0 unspecified atom stereocenters. The van der Waals surface area contributed by atoms with Crippen LogP contribution in [0.25, 0.3) is 11.1 Å². The Bertz CT molecular complexity index is 678. The summed E-state index contributed by atoms with van der Waals surface area (Å²) >= 11 is 0. The van der Waals surface area contributed by atoms with Crippen molar-refractivity contribution in [1.82, 2.24) is 5.32 Å². The van der Waals surface area contributed by atoms with E-state index in [0.717, 1.165) is 30.5 Å². The summed E-state index contributed by atoms with van der Waals surface area (Å²) < 4.78 is 41.6. The second kappa shape index (κ2) is 5.53. The first-order valence-corrected chi connectivity index (χ1v) is 7.02. The van der Waals surface area contributed by atoms with Crippen molar-refractivity contribution in [3.8, 4) is 11.1 Å². The average molecular weight is 291 g/mol. The Balaban J connectivity index is 1.96. The fraction of sp³-hybridized carbons (Fsp3) is 0.294. The Kier molecular flexibility index (Phi) is 3.72. The summed E-state index contributed by atoms with van der Waals surface area (Å²) in [6.07, 6.45) is 2.32. The molecule has 0 bridgehead atoms. The Morgan fingerprint density at radius 2 is 1.67 bits per heavy atom. The van der Waals surface area contributed by atoms with Crippen molar-refractivity contribution in [1.29, 1.82) is 0 Å². The standard InChI is InChI=1S/C17H16F3N/c1-10-6-17(20)14(8-16(10)19)13-7-11(2-5-15(13)18)9-21-12-3-4-12/h2,5-8,12,21H,3-4,9H2,1H3. The van der Waals surface area contributed by atoms with Crippen LogP contribution in [0.1, 0.15) is 24.0 Å². The van der Waals surface area contributed by atoms with Gasteiger partial charge in [-0.2, -0.15) is 0 Å². The summed E-state index contributed by atoms with van der Waals surface area (Å²) in [7, 11) is 0. The minimum Gasteiger partial charge on any atom is -0.310 e. The normalized spacial score (nSPS) is 14.5. The summed E-state index contributed by atoms with van der Waals surface area (Å²) in [5.74, 6) is -1.69. The van der Waals surface area contributed by atoms with Crippen LogP contribution in [-0.4, -0.2) is 6.04 Å². The van der Waals surface area contributed by atoms with Crippen LogP contribution in [0.5, 0.6) is 0 Å². The molecule has 110 valence electrons. The lowest BCUT2D eigenvalue weighted by Gasteiger charge is -2.10. The van der Waals surface area contributed by atoms with Crippen LogP contribution >= 0.6 is 0 Å². The molecular weight excluding hydrogens is 275 g/mol. The maximum Gasteiger partial charge on any atom is 0.131 e. The van der Waals surface area contributed by atoms with Crippen LogP contribution in [0.4, 0.5) is 13.2 Å². The van der Waals surface area contributed by atoms with Crippen LogP contribution in [0.3, 0.4) is 0 Å². The van der Waals surface area contributed by atoms with E-state index in [9.17, 15) is 13.2 Å². The van der Waals surface area contributed by atoms with E-state index in [0.29, 0.717) is 12.6 Å². The Morgan fingerprint density at radius 1 is 0.952 bits per heavy atom. The smallest absolute Gasteiger partial charge is 0.131 e. The third-order valence-corrected chi connectivity index (χ3v) is 3.74. The minimum absolute atomic E-state index is 0.0381. The molecule has 3 rings (SSSR count). The highest BCUT2D eigenvalue weighted by atomic mass is 19.1. The van der Waals surface area contributed by atoms with Crippen LogP contribution < -0.4 is 5.32 Å². The van der Waals surface area contributed by atoms with Crippen molar-refractivity contribution < 1.29 is 13.2 Å². The third-order valence-electron chi connectivity index (χ3n) is 3.74. The minimum atomic E-state index is -0.611. The molecule has 0 saturated heterocycles. The lowest BCUT2D eigenvalue weighted by molar-refractivity contribution is 0.591. The Hall–Kier alpha value is -1.81. The fourth-order valence-electron chi connectivity index (χ4n) is 2.29. The van der Waals surface area contributed by atoms with Gasteiger partial charge >= 0.3 is 0 Å². The van der Waals surface area contributed by atoms with Gasteiger partial charge in [0.15, 0.2) is 0 Å². The number of hydrogen-bond acceptors (Lipinski definition) is 1. The highest BCUT2D eigenvalue weighted by molar-refractivity contribution is 5.66. The van der Waals surface area contributed by atoms with Gasteiger partial charge in [-0.15, -0.1) is 0 Å². The molecule has 0 radical (unpaired) electrons. The zero-order valence-corrected chi connectivity index (χ0v) is 11.7. The van der Waals surface area contributed by atoms with Gasteiger partial charge in [-0.3, -0.25) is 0 Å². The molecule has 1 nitrogen and oxygen atoms in total. The van der Waals surface area contributed by atoms with E-state index in [-0.39, 0.29) is 16.7 Å². The first-order valence-electron chi connectivity index (χ1n) is 7.02. The average Bonchev–Trinajstić information content (AvgIpc) is 3.26. The van der Waals surface area contributed by atoms with Gasteiger partial charge in [0, 0.05) is 23.7 Å². The molecule has 1 fully saturated rings. The molecule has 0 aliphatic heterocycles. The molecule has 0 heterocycles. The second-order valence-corrected chi connectivity index (χ2v) is 5.55. The van der Waals surface area contributed by atoms with Crippen molar-refractivity contribution in [3.05, 3.63) is 58.9 Å². The molecule has 0 amide bonds. The molecule has 0 aromatic heterocycles. The zero-order valence-electron chi connectivity index (χ0n) is 11.7. The van der Waals surface area contributed by atoms with Crippen molar-refractivity contribution in [2.24, 2.45) is 0 Å². The van der Waals surface area contributed by atoms with E-state index < -0.39 is 17.5 Å². The highest BCUT2D eigenvalue weighted by Gasteiger charge is 2.20. The molecule has 21 heavy (non-hydrogen) atoms. The van der Waals surface area contributed by atoms with Gasteiger partial charge in [0.1, 0.15) is 17.5 Å². The Morgan fingerprint density at radius 3 is 2.38 bits per heavy atom. The first kappa shape index (κ1) is 14.1. The van der Waals surface area contributed by atoms with Gasteiger partial charge in [0.2, 0.25) is 0 Å². The maximum absolute atomic E-state index is 14.0. The van der Waals surface area contributed by atoms with Crippen LogP contribution in [0.2, 0.25) is 0 Å². The van der Waals surface area contributed by atoms with E-state index >= 15 is 0 Å². The van der Waals surface area contributed by atoms with Gasteiger partial charge in [-0.1, -0.05) is 6.07 Å². The molecule has 1 aliphatic rings. The largest absolute Gasteiger partial charge is 0.310 e. The number of hydrogen-bond donors (Lipinski definition) is 1. The van der Waals surface area contributed by atoms with Gasteiger partial charge < -0.3 is 5.32 Å². The van der Waals surface area contributed by atoms with Gasteiger partial charge in [-0.25, -0.2) is 13.2 Å². The summed E-state index contributed by atoms with van der Waals surface area (Å²) in [5.41, 5.74) is 1.13.